The van der Waals surface area contributed by atoms with E-state index >= 15 is 0 Å². The summed E-state index contributed by atoms with van der Waals surface area (Å²) in [6.07, 6.45) is 0. The lowest BCUT2D eigenvalue weighted by Crippen LogP contribution is -2.49. The van der Waals surface area contributed by atoms with Crippen LogP contribution in [0.1, 0.15) is 27.6 Å². The molecule has 0 spiro atoms. The van der Waals surface area contributed by atoms with E-state index in [4.69, 9.17) is 4.74 Å². The van der Waals surface area contributed by atoms with Gasteiger partial charge in [-0.15, -0.1) is 0 Å². The summed E-state index contributed by atoms with van der Waals surface area (Å²) >= 11 is 0. The van der Waals surface area contributed by atoms with E-state index in [0.717, 1.165) is 5.69 Å². The molecule has 0 bridgehead atoms. The van der Waals surface area contributed by atoms with Crippen LogP contribution < -0.4 is 15.0 Å². The number of benzene rings is 3. The minimum Gasteiger partial charge on any atom is -0.487 e. The molecule has 1 heterocycles. The fraction of sp³-hybridized carbons (Fsp3) is 0.231. The van der Waals surface area contributed by atoms with E-state index in [2.05, 4.69) is 10.2 Å². The maximum Gasteiger partial charge on any atom is 0.311 e. The molecule has 10 heteroatoms. The van der Waals surface area contributed by atoms with Gasteiger partial charge in [0.1, 0.15) is 5.82 Å². The van der Waals surface area contributed by atoms with E-state index in [-0.39, 0.29) is 35.1 Å². The number of ether oxygens (including phenoxy) is 1. The molecule has 0 atom stereocenters. The van der Waals surface area contributed by atoms with Crippen LogP contribution in [0.4, 0.5) is 21.5 Å². The summed E-state index contributed by atoms with van der Waals surface area (Å²) in [5, 5.41) is 14.1. The SMILES string of the molecule is CCOc1ccc(C(=O)Nc2ccc(N3CCN(C(=O)c4ccccc4F)CC3)cc2)cc1[N+](=O)[O-]. The van der Waals surface area contributed by atoms with Gasteiger partial charge in [-0.1, -0.05) is 12.1 Å². The van der Waals surface area contributed by atoms with Gasteiger partial charge in [-0.05, 0) is 55.5 Å². The topological polar surface area (TPSA) is 105 Å². The average Bonchev–Trinajstić information content (AvgIpc) is 2.89. The van der Waals surface area contributed by atoms with Crippen molar-refractivity contribution in [3.05, 3.63) is 93.8 Å². The van der Waals surface area contributed by atoms with Crippen LogP contribution in [0.3, 0.4) is 0 Å². The van der Waals surface area contributed by atoms with Crippen LogP contribution >= 0.6 is 0 Å². The standard InChI is InChI=1S/C26H25FN4O5/c1-2-36-24-12-7-18(17-23(24)31(34)35)25(32)28-19-8-10-20(11-9-19)29-13-15-30(16-14-29)26(33)21-5-3-4-6-22(21)27/h3-12,17H,2,13-16H2,1H3,(H,28,32). The number of hydrogen-bond donors (Lipinski definition) is 1. The van der Waals surface area contributed by atoms with Crippen LogP contribution in [0.2, 0.25) is 0 Å². The Bertz CT molecular complexity index is 1270. The number of anilines is 2. The van der Waals surface area contributed by atoms with Crippen LogP contribution in [0.5, 0.6) is 5.75 Å². The first-order valence-electron chi connectivity index (χ1n) is 11.5. The van der Waals surface area contributed by atoms with Gasteiger partial charge in [-0.3, -0.25) is 19.7 Å². The Morgan fingerprint density at radius 3 is 2.36 bits per heavy atom. The number of nitrogens with zero attached hydrogens (tertiary/aromatic N) is 3. The van der Waals surface area contributed by atoms with Gasteiger partial charge in [0.2, 0.25) is 0 Å². The maximum atomic E-state index is 14.0. The second kappa shape index (κ2) is 10.9. The first kappa shape index (κ1) is 24.6. The maximum absolute atomic E-state index is 14.0. The highest BCUT2D eigenvalue weighted by molar-refractivity contribution is 6.05. The Morgan fingerprint density at radius 2 is 1.72 bits per heavy atom. The average molecular weight is 493 g/mol. The van der Waals surface area contributed by atoms with Crippen molar-refractivity contribution in [2.45, 2.75) is 6.92 Å². The third kappa shape index (κ3) is 5.43. The van der Waals surface area contributed by atoms with Crippen LogP contribution in [0.25, 0.3) is 0 Å². The number of hydrogen-bond acceptors (Lipinski definition) is 6. The molecule has 186 valence electrons. The third-order valence-electron chi connectivity index (χ3n) is 5.88. The van der Waals surface area contributed by atoms with Gasteiger partial charge in [0, 0.05) is 49.2 Å². The van der Waals surface area contributed by atoms with Crippen molar-refractivity contribution in [3.63, 3.8) is 0 Å². The summed E-state index contributed by atoms with van der Waals surface area (Å²) in [4.78, 5) is 39.7. The number of nitro groups is 1. The quantitative estimate of drug-likeness (QED) is 0.388. The zero-order valence-electron chi connectivity index (χ0n) is 19.6. The predicted molar refractivity (Wildman–Crippen MR) is 133 cm³/mol. The van der Waals surface area contributed by atoms with E-state index < -0.39 is 16.6 Å². The lowest BCUT2D eigenvalue weighted by atomic mass is 10.1. The summed E-state index contributed by atoms with van der Waals surface area (Å²) in [6.45, 7) is 4.09. The van der Waals surface area contributed by atoms with E-state index in [1.54, 1.807) is 36.1 Å². The molecular weight excluding hydrogens is 467 g/mol. The number of piperazine rings is 1. The van der Waals surface area contributed by atoms with Gasteiger partial charge < -0.3 is 19.9 Å². The molecule has 1 aliphatic heterocycles. The Hall–Kier alpha value is -4.47. The molecular formula is C26H25FN4O5. The van der Waals surface area contributed by atoms with Gasteiger partial charge in [0.25, 0.3) is 11.8 Å². The summed E-state index contributed by atoms with van der Waals surface area (Å²) in [5.41, 5.74) is 1.40. The fourth-order valence-electron chi connectivity index (χ4n) is 4.01. The van der Waals surface area contributed by atoms with Crippen molar-refractivity contribution in [3.8, 4) is 5.75 Å². The molecule has 0 saturated carbocycles. The molecule has 0 aliphatic carbocycles. The number of amides is 2. The summed E-state index contributed by atoms with van der Waals surface area (Å²) < 4.78 is 19.2. The molecule has 9 nitrogen and oxygen atoms in total. The van der Waals surface area contributed by atoms with Crippen molar-refractivity contribution in [2.75, 3.05) is 43.0 Å². The normalized spacial score (nSPS) is 13.3. The fourth-order valence-corrected chi connectivity index (χ4v) is 4.01. The molecule has 1 saturated heterocycles. The molecule has 1 aliphatic rings. The van der Waals surface area contributed by atoms with Gasteiger partial charge in [0.05, 0.1) is 17.1 Å². The number of nitrogens with one attached hydrogen (secondary N) is 1. The summed E-state index contributed by atoms with van der Waals surface area (Å²) in [7, 11) is 0. The Morgan fingerprint density at radius 1 is 1.03 bits per heavy atom. The Kier molecular flexibility index (Phi) is 7.43. The van der Waals surface area contributed by atoms with Crippen molar-refractivity contribution >= 4 is 28.9 Å². The summed E-state index contributed by atoms with van der Waals surface area (Å²) in [5.74, 6) is -1.21. The number of rotatable bonds is 7. The Labute approximate surface area is 207 Å². The molecule has 1 fully saturated rings. The molecule has 36 heavy (non-hydrogen) atoms. The third-order valence-corrected chi connectivity index (χ3v) is 5.88. The van der Waals surface area contributed by atoms with E-state index in [1.165, 1.54) is 30.3 Å². The number of carbonyl (C=O) groups is 2. The van der Waals surface area contributed by atoms with Gasteiger partial charge >= 0.3 is 5.69 Å². The van der Waals surface area contributed by atoms with Crippen molar-refractivity contribution in [1.82, 2.24) is 4.90 Å². The van der Waals surface area contributed by atoms with Crippen molar-refractivity contribution in [1.29, 1.82) is 0 Å². The minimum atomic E-state index is -0.583. The Balaban J connectivity index is 1.36. The van der Waals surface area contributed by atoms with Gasteiger partial charge in [-0.25, -0.2) is 4.39 Å². The van der Waals surface area contributed by atoms with Crippen LogP contribution in [-0.2, 0) is 0 Å². The zero-order valence-corrected chi connectivity index (χ0v) is 19.6. The number of carbonyl (C=O) groups excluding carboxylic acids is 2. The molecule has 0 radical (unpaired) electrons. The second-order valence-corrected chi connectivity index (χ2v) is 8.13. The first-order chi connectivity index (χ1) is 17.4. The smallest absolute Gasteiger partial charge is 0.311 e. The predicted octanol–water partition coefficient (Wildman–Crippen LogP) is 4.35. The molecule has 3 aromatic carbocycles. The zero-order chi connectivity index (χ0) is 25.7. The highest BCUT2D eigenvalue weighted by Gasteiger charge is 2.24. The molecule has 0 unspecified atom stereocenters. The minimum absolute atomic E-state index is 0.0731. The number of halogens is 1. The molecule has 4 rings (SSSR count). The molecule has 3 aromatic rings. The lowest BCUT2D eigenvalue weighted by Gasteiger charge is -2.36. The number of nitro benzene ring substituents is 1. The van der Waals surface area contributed by atoms with Gasteiger partial charge in [-0.2, -0.15) is 0 Å². The van der Waals surface area contributed by atoms with Crippen molar-refractivity contribution in [2.24, 2.45) is 0 Å². The highest BCUT2D eigenvalue weighted by atomic mass is 19.1. The largest absolute Gasteiger partial charge is 0.487 e. The monoisotopic (exact) mass is 492 g/mol. The van der Waals surface area contributed by atoms with E-state index in [9.17, 15) is 24.1 Å². The van der Waals surface area contributed by atoms with Crippen LogP contribution in [-0.4, -0.2) is 54.4 Å². The van der Waals surface area contributed by atoms with Gasteiger partial charge in [0.15, 0.2) is 5.75 Å². The molecule has 0 aromatic heterocycles. The summed E-state index contributed by atoms with van der Waals surface area (Å²) in [6, 6.07) is 17.2. The lowest BCUT2D eigenvalue weighted by molar-refractivity contribution is -0.385. The van der Waals surface area contributed by atoms with E-state index in [0.29, 0.717) is 31.9 Å². The first-order valence-corrected chi connectivity index (χ1v) is 11.5. The molecule has 2 amide bonds. The van der Waals surface area contributed by atoms with E-state index in [1.807, 2.05) is 12.1 Å². The van der Waals surface area contributed by atoms with Crippen LogP contribution in [0, 0.1) is 15.9 Å². The highest BCUT2D eigenvalue weighted by Crippen LogP contribution is 2.28. The second-order valence-electron chi connectivity index (χ2n) is 8.13. The van der Waals surface area contributed by atoms with Crippen LogP contribution in [0.15, 0.2) is 66.7 Å². The molecule has 1 N–H and O–H groups in total. The van der Waals surface area contributed by atoms with Crippen molar-refractivity contribution < 1.29 is 23.6 Å².